The Kier molecular flexibility index (Phi) is 14.3. The molecule has 1 aliphatic heterocycles. The van der Waals surface area contributed by atoms with Gasteiger partial charge >= 0.3 is 11.9 Å². The molecule has 1 aliphatic carbocycles. The second kappa shape index (κ2) is 19.8. The van der Waals surface area contributed by atoms with Crippen molar-refractivity contribution in [3.05, 3.63) is 155 Å². The minimum atomic E-state index is -1.38. The summed E-state index contributed by atoms with van der Waals surface area (Å²) in [5, 5.41) is 25.4. The number of hydrogen-bond donors (Lipinski definition) is 4. The van der Waals surface area contributed by atoms with Crippen LogP contribution in [0.25, 0.3) is 6.08 Å². The molecule has 1 fully saturated rings. The number of esters is 2. The Balaban J connectivity index is 1.17. The van der Waals surface area contributed by atoms with Crippen molar-refractivity contribution in [2.75, 3.05) is 13.2 Å². The van der Waals surface area contributed by atoms with Gasteiger partial charge in [-0.15, -0.1) is 0 Å². The van der Waals surface area contributed by atoms with E-state index in [0.717, 1.165) is 22.3 Å². The highest BCUT2D eigenvalue weighted by Crippen LogP contribution is 2.47. The summed E-state index contributed by atoms with van der Waals surface area (Å²) in [4.78, 5) is 52.6. The van der Waals surface area contributed by atoms with Crippen LogP contribution in [0, 0.1) is 0 Å². The second-order valence-corrected chi connectivity index (χ2v) is 15.8. The molecule has 0 aromatic heterocycles. The van der Waals surface area contributed by atoms with Gasteiger partial charge < -0.3 is 39.8 Å². The summed E-state index contributed by atoms with van der Waals surface area (Å²) in [7, 11) is 0. The average Bonchev–Trinajstić information content (AvgIpc) is 3.64. The minimum absolute atomic E-state index is 0.00533. The summed E-state index contributed by atoms with van der Waals surface area (Å²) in [5.41, 5.74) is 2.91. The van der Waals surface area contributed by atoms with E-state index >= 15 is 0 Å². The first kappa shape index (κ1) is 43.5. The zero-order valence-electron chi connectivity index (χ0n) is 34.0. The molecular weight excluding hydrogens is 765 g/mol. The lowest BCUT2D eigenvalue weighted by atomic mass is 9.91. The highest BCUT2D eigenvalue weighted by Gasteiger charge is 2.55. The number of benzene rings is 4. The summed E-state index contributed by atoms with van der Waals surface area (Å²) in [5.74, 6) is -3.10. The van der Waals surface area contributed by atoms with Gasteiger partial charge in [0.05, 0.1) is 18.2 Å². The predicted octanol–water partition coefficient (Wildman–Crippen LogP) is 6.29. The molecule has 4 aromatic rings. The van der Waals surface area contributed by atoms with Crippen LogP contribution in [0.5, 0.6) is 5.75 Å². The standard InChI is InChI=1S/C48H52N2O10/c1-47(2,3)59-43(54)25-24-38(31-51)50-42(53)26-27-49-45(55)35-29-40(57-46(56)34-18-13-15-32(28-34)14-12-17-33-16-10-11-23-39(33)52)44-41(30-35)58-48(60-44,36-19-6-4-7-20-36)37-21-8-5-9-22-37/h4-16,18-23,28,30,38,40-41,44,51-52H,17,24-27,29,31H2,1-3H3,(H,49,55)(H,50,53). The van der Waals surface area contributed by atoms with Gasteiger partial charge in [0.15, 0.2) is 0 Å². The average molecular weight is 817 g/mol. The zero-order chi connectivity index (χ0) is 42.7. The van der Waals surface area contributed by atoms with Crippen molar-refractivity contribution in [1.29, 1.82) is 0 Å². The summed E-state index contributed by atoms with van der Waals surface area (Å²) < 4.78 is 25.1. The lowest BCUT2D eigenvalue weighted by molar-refractivity contribution is -0.157. The molecule has 2 aliphatic rings. The van der Waals surface area contributed by atoms with E-state index in [4.69, 9.17) is 18.9 Å². The van der Waals surface area contributed by atoms with Gasteiger partial charge in [0.1, 0.15) is 29.7 Å². The van der Waals surface area contributed by atoms with Gasteiger partial charge in [-0.05, 0) is 69.0 Å². The fourth-order valence-corrected chi connectivity index (χ4v) is 7.17. The Labute approximate surface area is 350 Å². The molecule has 314 valence electrons. The number of carbonyl (C=O) groups is 4. The summed E-state index contributed by atoms with van der Waals surface area (Å²) in [6.07, 6.45) is 3.53. The Bertz CT molecular complexity index is 2140. The molecule has 4 N–H and O–H groups in total. The van der Waals surface area contributed by atoms with Crippen molar-refractivity contribution in [1.82, 2.24) is 10.6 Å². The largest absolute Gasteiger partial charge is 0.508 e. The predicted molar refractivity (Wildman–Crippen MR) is 224 cm³/mol. The van der Waals surface area contributed by atoms with Crippen molar-refractivity contribution < 1.29 is 48.3 Å². The first-order valence-corrected chi connectivity index (χ1v) is 20.2. The number of aliphatic hydroxyl groups excluding tert-OH is 1. The van der Waals surface area contributed by atoms with E-state index in [0.29, 0.717) is 17.6 Å². The molecule has 12 heteroatoms. The molecule has 0 saturated carbocycles. The molecule has 4 unspecified atom stereocenters. The van der Waals surface area contributed by atoms with Crippen LogP contribution in [0.1, 0.15) is 79.1 Å². The van der Waals surface area contributed by atoms with Crippen LogP contribution in [0.3, 0.4) is 0 Å². The number of amides is 2. The van der Waals surface area contributed by atoms with Crippen LogP contribution < -0.4 is 10.6 Å². The van der Waals surface area contributed by atoms with Gasteiger partial charge in [0, 0.05) is 42.5 Å². The lowest BCUT2D eigenvalue weighted by Crippen LogP contribution is -2.44. The number of para-hydroxylation sites is 1. The molecule has 0 radical (unpaired) electrons. The van der Waals surface area contributed by atoms with E-state index in [1.165, 1.54) is 0 Å². The van der Waals surface area contributed by atoms with Crippen molar-refractivity contribution in [2.24, 2.45) is 0 Å². The maximum absolute atomic E-state index is 13.9. The Hall–Kier alpha value is -6.08. The van der Waals surface area contributed by atoms with E-state index in [9.17, 15) is 29.4 Å². The fraction of sp³-hybridized carbons (Fsp3) is 0.333. The number of aliphatic hydroxyl groups is 1. The first-order chi connectivity index (χ1) is 28.8. The van der Waals surface area contributed by atoms with Gasteiger partial charge in [-0.1, -0.05) is 103 Å². The normalized spacial score (nSPS) is 18.8. The van der Waals surface area contributed by atoms with Gasteiger partial charge in [-0.2, -0.15) is 0 Å². The summed E-state index contributed by atoms with van der Waals surface area (Å²) >= 11 is 0. The topological polar surface area (TPSA) is 170 Å². The number of aromatic hydroxyl groups is 1. The molecule has 1 saturated heterocycles. The van der Waals surface area contributed by atoms with Crippen molar-refractivity contribution in [3.63, 3.8) is 0 Å². The lowest BCUT2D eigenvalue weighted by Gasteiger charge is -2.31. The minimum Gasteiger partial charge on any atom is -0.508 e. The molecule has 1 heterocycles. The summed E-state index contributed by atoms with van der Waals surface area (Å²) in [6.45, 7) is 4.89. The van der Waals surface area contributed by atoms with E-state index in [1.807, 2.05) is 91.0 Å². The van der Waals surface area contributed by atoms with Gasteiger partial charge in [0.25, 0.3) is 0 Å². The molecule has 4 aromatic carbocycles. The van der Waals surface area contributed by atoms with Crippen LogP contribution in [-0.4, -0.2) is 77.1 Å². The smallest absolute Gasteiger partial charge is 0.338 e. The molecular formula is C48H52N2O10. The molecule has 60 heavy (non-hydrogen) atoms. The number of ether oxygens (including phenoxy) is 4. The number of phenols is 1. The molecule has 0 spiro atoms. The van der Waals surface area contributed by atoms with Crippen molar-refractivity contribution in [2.45, 2.75) is 88.6 Å². The van der Waals surface area contributed by atoms with Crippen molar-refractivity contribution in [3.8, 4) is 5.75 Å². The molecule has 6 rings (SSSR count). The van der Waals surface area contributed by atoms with Crippen LogP contribution >= 0.6 is 0 Å². The Morgan fingerprint density at radius 1 is 0.883 bits per heavy atom. The highest BCUT2D eigenvalue weighted by molar-refractivity contribution is 5.94. The summed E-state index contributed by atoms with van der Waals surface area (Å²) in [6, 6.07) is 32.3. The van der Waals surface area contributed by atoms with Gasteiger partial charge in [-0.25, -0.2) is 4.79 Å². The number of fused-ring (bicyclic) bond motifs is 1. The van der Waals surface area contributed by atoms with E-state index in [1.54, 1.807) is 57.2 Å². The van der Waals surface area contributed by atoms with E-state index in [2.05, 4.69) is 10.6 Å². The maximum atomic E-state index is 13.9. The number of nitrogens with one attached hydrogen (secondary N) is 2. The van der Waals surface area contributed by atoms with E-state index in [-0.39, 0.29) is 44.6 Å². The highest BCUT2D eigenvalue weighted by atomic mass is 16.8. The van der Waals surface area contributed by atoms with Crippen LogP contribution in [-0.2, 0) is 45.5 Å². The number of allylic oxidation sites excluding steroid dienone is 1. The van der Waals surface area contributed by atoms with Crippen LogP contribution in [0.4, 0.5) is 0 Å². The first-order valence-electron chi connectivity index (χ1n) is 20.2. The third-order valence-electron chi connectivity index (χ3n) is 10.0. The SMILES string of the molecule is CC(C)(C)OC(=O)CCC(CO)NC(=O)CCNC(=O)C1=CC2OC(c3ccccc3)(c3ccccc3)OC2C(OC(=O)c2cccc(C=CCc3ccccc3O)c2)C1. The Morgan fingerprint density at radius 2 is 1.57 bits per heavy atom. The zero-order valence-corrected chi connectivity index (χ0v) is 34.0. The number of rotatable bonds is 16. The third-order valence-corrected chi connectivity index (χ3v) is 10.0. The van der Waals surface area contributed by atoms with Crippen LogP contribution in [0.2, 0.25) is 0 Å². The quantitative estimate of drug-likeness (QED) is 0.0943. The third kappa shape index (κ3) is 11.3. The molecule has 12 nitrogen and oxygen atoms in total. The molecule has 4 atom stereocenters. The van der Waals surface area contributed by atoms with Gasteiger partial charge in [0.2, 0.25) is 17.6 Å². The van der Waals surface area contributed by atoms with E-state index < -0.39 is 59.5 Å². The molecule has 2 amide bonds. The second-order valence-electron chi connectivity index (χ2n) is 15.8. The number of phenolic OH excluding ortho intramolecular Hbond substituents is 1. The van der Waals surface area contributed by atoms with Crippen molar-refractivity contribution >= 4 is 29.8 Å². The number of carbonyl (C=O) groups excluding carboxylic acids is 4. The Morgan fingerprint density at radius 3 is 2.23 bits per heavy atom. The monoisotopic (exact) mass is 816 g/mol. The maximum Gasteiger partial charge on any atom is 0.338 e. The van der Waals surface area contributed by atoms with Gasteiger partial charge in [-0.3, -0.25) is 14.4 Å². The fourth-order valence-electron chi connectivity index (χ4n) is 7.17. The molecule has 0 bridgehead atoms. The number of hydrogen-bond acceptors (Lipinski definition) is 10. The van der Waals surface area contributed by atoms with Crippen LogP contribution in [0.15, 0.2) is 127 Å².